The lowest BCUT2D eigenvalue weighted by atomic mass is 10.0. The SMILES string of the molecule is NC(=O)CC[C@@H]1NC(=O)[C@H](Cc2ccccc2)NC(=O)C(Cc2ccc(O)cc2)NC(=O)[C@@H](N)CSSC[C@@H](C(=O)N2CCC[C@H]2C(=O)N[C@H](CCCCN=C(N)N)C(=O)NCC(N)=O)NC(=O)C(CC(N)=O)NC1=O. The first-order valence-corrected chi connectivity index (χ1v) is 26.7. The van der Waals surface area contributed by atoms with Gasteiger partial charge in [-0.1, -0.05) is 64.1 Å². The van der Waals surface area contributed by atoms with Gasteiger partial charge < -0.3 is 81.6 Å². The molecule has 20 N–H and O–H groups in total. The average Bonchev–Trinajstić information content (AvgIpc) is 3.87. The molecule has 2 fully saturated rings. The van der Waals surface area contributed by atoms with Crippen LogP contribution in [0.2, 0.25) is 0 Å². The molecule has 414 valence electrons. The number of hydrogen-bond donors (Lipinski definition) is 14. The number of amides is 11. The Bertz CT molecular complexity index is 2430. The number of phenols is 1. The second-order valence-electron chi connectivity index (χ2n) is 18.0. The van der Waals surface area contributed by atoms with E-state index >= 15 is 0 Å². The Balaban J connectivity index is 1.70. The van der Waals surface area contributed by atoms with Crippen LogP contribution in [0.3, 0.4) is 0 Å². The molecule has 2 aliphatic heterocycles. The highest BCUT2D eigenvalue weighted by Gasteiger charge is 2.40. The fourth-order valence-electron chi connectivity index (χ4n) is 7.96. The second kappa shape index (κ2) is 30.6. The van der Waals surface area contributed by atoms with Crippen molar-refractivity contribution in [2.45, 2.75) is 113 Å². The Morgan fingerprint density at radius 2 is 1.28 bits per heavy atom. The van der Waals surface area contributed by atoms with Crippen LogP contribution in [-0.2, 0) is 65.6 Å². The number of carbonyl (C=O) groups is 11. The maximum atomic E-state index is 14.6. The topological polar surface area (TPSA) is 464 Å². The Hall–Kier alpha value is -7.66. The molecule has 0 aromatic heterocycles. The molecule has 2 aromatic carbocycles. The molecule has 0 bridgehead atoms. The summed E-state index contributed by atoms with van der Waals surface area (Å²) in [6, 6.07) is 2.88. The van der Waals surface area contributed by atoms with E-state index in [2.05, 4.69) is 42.2 Å². The van der Waals surface area contributed by atoms with E-state index in [4.69, 9.17) is 34.4 Å². The van der Waals surface area contributed by atoms with Crippen molar-refractivity contribution in [3.05, 3.63) is 65.7 Å². The Morgan fingerprint density at radius 1 is 0.697 bits per heavy atom. The second-order valence-corrected chi connectivity index (χ2v) is 20.5. The summed E-state index contributed by atoms with van der Waals surface area (Å²) in [4.78, 5) is 154. The molecule has 2 aliphatic rings. The van der Waals surface area contributed by atoms with Crippen molar-refractivity contribution >= 4 is 92.5 Å². The number of carbonyl (C=O) groups excluding carboxylic acids is 11. The molecular formula is C47H67N15O12S2. The van der Waals surface area contributed by atoms with E-state index in [1.165, 1.54) is 29.2 Å². The third-order valence-corrected chi connectivity index (χ3v) is 14.3. The van der Waals surface area contributed by atoms with Crippen LogP contribution in [0.1, 0.15) is 62.5 Å². The van der Waals surface area contributed by atoms with Crippen molar-refractivity contribution in [2.24, 2.45) is 39.4 Å². The number of primary amides is 3. The summed E-state index contributed by atoms with van der Waals surface area (Å²) in [6.07, 6.45) is -0.728. The van der Waals surface area contributed by atoms with Gasteiger partial charge in [0, 0.05) is 43.9 Å². The van der Waals surface area contributed by atoms with E-state index in [-0.39, 0.29) is 62.0 Å². The molecule has 4 rings (SSSR count). The van der Waals surface area contributed by atoms with Gasteiger partial charge in [-0.05, 0) is 61.8 Å². The van der Waals surface area contributed by atoms with Crippen molar-refractivity contribution in [3.63, 3.8) is 0 Å². The van der Waals surface area contributed by atoms with Crippen LogP contribution in [0, 0.1) is 0 Å². The standard InChI is InChI=1S/C47H67N15O12S2/c48-28-23-75-76-24-34(46(74)62-18-6-10-35(62)45(73)57-29(40(68)55-22-38(51)66)9-4-5-17-54-47(52)53)61-44(72)33(21-37(50)65)60-41(69)30(15-16-36(49)64)56-42(70)32(19-25-7-2-1-3-8-25)59-43(71)31(58-39(28)67)20-26-11-13-27(63)14-12-26/h1-3,7-8,11-14,28-35,63H,4-6,9-10,15-24,48H2,(H2,49,64)(H2,50,65)(H2,51,66)(H,55,68)(H,56,70)(H,57,73)(H,58,67)(H,59,71)(H,60,69)(H,61,72)(H4,52,53,54)/t28-,29+,30-,31?,32-,33?,34-,35-/m0/s1. The van der Waals surface area contributed by atoms with Gasteiger partial charge in [0.2, 0.25) is 65.0 Å². The number of hydrogen-bond acceptors (Lipinski definition) is 16. The fourth-order valence-corrected chi connectivity index (χ4v) is 10.2. The summed E-state index contributed by atoms with van der Waals surface area (Å²) in [5.41, 5.74) is 34.4. The van der Waals surface area contributed by atoms with Crippen molar-refractivity contribution < 1.29 is 57.8 Å². The molecule has 29 heteroatoms. The van der Waals surface area contributed by atoms with E-state index in [0.717, 1.165) is 21.6 Å². The molecule has 8 atom stereocenters. The van der Waals surface area contributed by atoms with Gasteiger partial charge in [0.25, 0.3) is 0 Å². The Morgan fingerprint density at radius 3 is 1.89 bits per heavy atom. The molecule has 11 amide bonds. The van der Waals surface area contributed by atoms with Crippen molar-refractivity contribution in [3.8, 4) is 5.75 Å². The van der Waals surface area contributed by atoms with Gasteiger partial charge in [0.05, 0.1) is 19.0 Å². The zero-order chi connectivity index (χ0) is 55.9. The molecular weight excluding hydrogens is 1030 g/mol. The van der Waals surface area contributed by atoms with Crippen LogP contribution in [0.5, 0.6) is 5.75 Å². The third-order valence-electron chi connectivity index (χ3n) is 11.9. The quantitative estimate of drug-likeness (QED) is 0.0255. The molecule has 0 spiro atoms. The largest absolute Gasteiger partial charge is 0.508 e. The normalized spacial score (nSPS) is 22.5. The predicted molar refractivity (Wildman–Crippen MR) is 280 cm³/mol. The molecule has 76 heavy (non-hydrogen) atoms. The molecule has 0 saturated carbocycles. The summed E-state index contributed by atoms with van der Waals surface area (Å²) >= 11 is 0. The number of aliphatic imine (C=N–C) groups is 1. The van der Waals surface area contributed by atoms with Crippen LogP contribution in [0.15, 0.2) is 59.6 Å². The van der Waals surface area contributed by atoms with Crippen molar-refractivity contribution in [1.29, 1.82) is 0 Å². The van der Waals surface area contributed by atoms with Gasteiger partial charge in [-0.15, -0.1) is 0 Å². The van der Waals surface area contributed by atoms with E-state index in [1.807, 2.05) is 0 Å². The highest BCUT2D eigenvalue weighted by atomic mass is 33.1. The smallest absolute Gasteiger partial charge is 0.246 e. The Labute approximate surface area is 445 Å². The van der Waals surface area contributed by atoms with Gasteiger partial charge >= 0.3 is 0 Å². The van der Waals surface area contributed by atoms with Crippen LogP contribution in [0.4, 0.5) is 0 Å². The third kappa shape index (κ3) is 20.6. The number of rotatable bonds is 20. The minimum absolute atomic E-state index is 0.00997. The van der Waals surface area contributed by atoms with Gasteiger partial charge in [-0.25, -0.2) is 0 Å². The number of nitrogens with one attached hydrogen (secondary N) is 7. The lowest BCUT2D eigenvalue weighted by molar-refractivity contribution is -0.142. The molecule has 27 nitrogen and oxygen atoms in total. The number of guanidine groups is 1. The van der Waals surface area contributed by atoms with Gasteiger partial charge in [-0.3, -0.25) is 57.7 Å². The maximum absolute atomic E-state index is 14.6. The zero-order valence-electron chi connectivity index (χ0n) is 41.5. The van der Waals surface area contributed by atoms with Gasteiger partial charge in [0.15, 0.2) is 5.96 Å². The summed E-state index contributed by atoms with van der Waals surface area (Å²) < 4.78 is 0. The van der Waals surface area contributed by atoms with Crippen LogP contribution in [-0.4, -0.2) is 160 Å². The summed E-state index contributed by atoms with van der Waals surface area (Å²) in [5, 5.41) is 27.7. The van der Waals surface area contributed by atoms with E-state index < -0.39 is 139 Å². The molecule has 0 radical (unpaired) electrons. The molecule has 2 aromatic rings. The Kier molecular flexibility index (Phi) is 24.6. The first-order valence-electron chi connectivity index (χ1n) is 24.2. The van der Waals surface area contributed by atoms with Crippen LogP contribution >= 0.6 is 21.6 Å². The average molecular weight is 1100 g/mol. The van der Waals surface area contributed by atoms with E-state index in [0.29, 0.717) is 30.4 Å². The maximum Gasteiger partial charge on any atom is 0.246 e. The first kappa shape index (κ1) is 60.9. The highest BCUT2D eigenvalue weighted by molar-refractivity contribution is 8.76. The zero-order valence-corrected chi connectivity index (χ0v) is 43.2. The number of nitrogens with zero attached hydrogens (tertiary/aromatic N) is 2. The number of aromatic hydroxyl groups is 1. The molecule has 0 aliphatic carbocycles. The minimum atomic E-state index is -1.79. The lowest BCUT2D eigenvalue weighted by Gasteiger charge is -2.31. The first-order chi connectivity index (χ1) is 36.1. The summed E-state index contributed by atoms with van der Waals surface area (Å²) in [7, 11) is 2.00. The highest BCUT2D eigenvalue weighted by Crippen LogP contribution is 2.26. The number of unbranched alkanes of at least 4 members (excludes halogenated alkanes) is 1. The van der Waals surface area contributed by atoms with Gasteiger partial charge in [-0.2, -0.15) is 0 Å². The van der Waals surface area contributed by atoms with Crippen LogP contribution < -0.4 is 71.6 Å². The molecule has 2 heterocycles. The summed E-state index contributed by atoms with van der Waals surface area (Å²) in [6.45, 7) is -0.281. The van der Waals surface area contributed by atoms with E-state index in [1.54, 1.807) is 30.3 Å². The monoisotopic (exact) mass is 1100 g/mol. The fraction of sp³-hybridized carbons (Fsp3) is 0.489. The minimum Gasteiger partial charge on any atom is -0.508 e. The number of nitrogens with two attached hydrogens (primary N) is 6. The van der Waals surface area contributed by atoms with Crippen molar-refractivity contribution in [2.75, 3.05) is 31.1 Å². The summed E-state index contributed by atoms with van der Waals surface area (Å²) in [5.74, 6) is -10.4. The molecule has 2 unspecified atom stereocenters. The predicted octanol–water partition coefficient (Wildman–Crippen LogP) is -5.01. The lowest BCUT2D eigenvalue weighted by Crippen LogP contribution is -2.61. The number of likely N-dealkylation sites (tertiary alicyclic amines) is 1. The number of benzene rings is 2. The van der Waals surface area contributed by atoms with E-state index in [9.17, 15) is 57.8 Å². The van der Waals surface area contributed by atoms with Crippen molar-refractivity contribution in [1.82, 2.24) is 42.1 Å². The van der Waals surface area contributed by atoms with Crippen LogP contribution in [0.25, 0.3) is 0 Å². The van der Waals surface area contributed by atoms with Gasteiger partial charge in [0.1, 0.15) is 48.0 Å². The number of phenolic OH excluding ortho intramolecular Hbond substituents is 1. The molecule has 2 saturated heterocycles.